The van der Waals surface area contributed by atoms with Gasteiger partial charge in [-0.05, 0) is 43.7 Å². The number of carbonyl (C=O) groups excluding carboxylic acids is 1. The Bertz CT molecular complexity index is 443. The maximum absolute atomic E-state index is 12.2. The van der Waals surface area contributed by atoms with Crippen LogP contribution in [0.3, 0.4) is 0 Å². The van der Waals surface area contributed by atoms with Gasteiger partial charge in [0.1, 0.15) is 0 Å². The number of carbonyl (C=O) groups is 1. The van der Waals surface area contributed by atoms with Gasteiger partial charge in [-0.25, -0.2) is 0 Å². The lowest BCUT2D eigenvalue weighted by Gasteiger charge is -2.34. The fraction of sp³-hybridized carbons (Fsp3) is 0.500. The van der Waals surface area contributed by atoms with Crippen molar-refractivity contribution in [3.8, 4) is 0 Å². The Hall–Kier alpha value is -1.09. The third-order valence-electron chi connectivity index (χ3n) is 3.18. The minimum Gasteiger partial charge on any atom is -0.332 e. The van der Waals surface area contributed by atoms with E-state index in [0.29, 0.717) is 0 Å². The molecule has 0 N–H and O–H groups in total. The molecule has 3 heteroatoms. The monoisotopic (exact) mass is 249 g/mol. The molecule has 92 valence electrons. The highest BCUT2D eigenvalue weighted by atomic mass is 32.1. The lowest BCUT2D eigenvalue weighted by Crippen LogP contribution is -2.38. The number of fused-ring (bicyclic) bond motifs is 1. The SMILES string of the molecule is CCC1c2ccsc2CCN1C(=O)C=C(C)C. The topological polar surface area (TPSA) is 20.3 Å². The molecule has 1 unspecified atom stereocenters. The molecule has 1 aliphatic heterocycles. The maximum atomic E-state index is 12.2. The Labute approximate surface area is 107 Å². The second kappa shape index (κ2) is 5.05. The Balaban J connectivity index is 2.26. The fourth-order valence-corrected chi connectivity index (χ4v) is 3.36. The lowest BCUT2D eigenvalue weighted by molar-refractivity contribution is -0.128. The molecule has 0 spiro atoms. The molecule has 0 bridgehead atoms. The van der Waals surface area contributed by atoms with Crippen LogP contribution < -0.4 is 0 Å². The van der Waals surface area contributed by atoms with E-state index in [4.69, 9.17) is 0 Å². The molecular weight excluding hydrogens is 230 g/mol. The van der Waals surface area contributed by atoms with Crippen molar-refractivity contribution in [1.29, 1.82) is 0 Å². The van der Waals surface area contributed by atoms with Crippen LogP contribution in [-0.4, -0.2) is 17.4 Å². The van der Waals surface area contributed by atoms with Gasteiger partial charge in [-0.2, -0.15) is 0 Å². The Morgan fingerprint density at radius 1 is 1.59 bits per heavy atom. The third kappa shape index (κ3) is 2.44. The highest BCUT2D eigenvalue weighted by Gasteiger charge is 2.29. The maximum Gasteiger partial charge on any atom is 0.247 e. The molecule has 2 heterocycles. The van der Waals surface area contributed by atoms with E-state index >= 15 is 0 Å². The molecule has 0 aromatic carbocycles. The highest BCUT2D eigenvalue weighted by molar-refractivity contribution is 7.10. The van der Waals surface area contributed by atoms with Gasteiger partial charge in [-0.15, -0.1) is 11.3 Å². The van der Waals surface area contributed by atoms with Crippen molar-refractivity contribution in [2.75, 3.05) is 6.54 Å². The Kier molecular flexibility index (Phi) is 3.67. The van der Waals surface area contributed by atoms with Crippen LogP contribution in [0.5, 0.6) is 0 Å². The van der Waals surface area contributed by atoms with Gasteiger partial charge >= 0.3 is 0 Å². The van der Waals surface area contributed by atoms with Crippen molar-refractivity contribution >= 4 is 17.2 Å². The molecule has 17 heavy (non-hydrogen) atoms. The van der Waals surface area contributed by atoms with Crippen LogP contribution in [-0.2, 0) is 11.2 Å². The number of allylic oxidation sites excluding steroid dienone is 1. The molecule has 0 radical (unpaired) electrons. The van der Waals surface area contributed by atoms with Gasteiger partial charge in [0.15, 0.2) is 0 Å². The molecule has 1 atom stereocenters. The van der Waals surface area contributed by atoms with E-state index in [0.717, 1.165) is 25.0 Å². The summed E-state index contributed by atoms with van der Waals surface area (Å²) in [6.45, 7) is 6.95. The van der Waals surface area contributed by atoms with Crippen LogP contribution >= 0.6 is 11.3 Å². The summed E-state index contributed by atoms with van der Waals surface area (Å²) in [6.07, 6.45) is 3.75. The minimum atomic E-state index is 0.161. The minimum absolute atomic E-state index is 0.161. The standard InChI is InChI=1S/C14H19NOS/c1-4-12-11-6-8-17-13(11)5-7-15(12)14(16)9-10(2)3/h6,8-9,12H,4-5,7H2,1-3H3. The van der Waals surface area contributed by atoms with E-state index in [1.165, 1.54) is 10.4 Å². The molecule has 0 saturated carbocycles. The molecule has 1 aromatic rings. The summed E-state index contributed by atoms with van der Waals surface area (Å²) in [5.41, 5.74) is 2.43. The summed E-state index contributed by atoms with van der Waals surface area (Å²) in [6, 6.07) is 2.45. The van der Waals surface area contributed by atoms with Crippen LogP contribution in [0.15, 0.2) is 23.1 Å². The van der Waals surface area contributed by atoms with Gasteiger partial charge < -0.3 is 4.90 Å². The molecule has 1 amide bonds. The third-order valence-corrected chi connectivity index (χ3v) is 4.17. The van der Waals surface area contributed by atoms with E-state index < -0.39 is 0 Å². The van der Waals surface area contributed by atoms with Crippen molar-refractivity contribution in [3.05, 3.63) is 33.5 Å². The van der Waals surface area contributed by atoms with E-state index in [1.807, 2.05) is 30.1 Å². The van der Waals surface area contributed by atoms with E-state index in [1.54, 1.807) is 6.08 Å². The highest BCUT2D eigenvalue weighted by Crippen LogP contribution is 2.35. The van der Waals surface area contributed by atoms with Crippen LogP contribution in [0.1, 0.15) is 43.7 Å². The first-order chi connectivity index (χ1) is 8.13. The summed E-state index contributed by atoms with van der Waals surface area (Å²) in [5.74, 6) is 0.161. The number of nitrogens with zero attached hydrogens (tertiary/aromatic N) is 1. The molecule has 0 saturated heterocycles. The zero-order valence-electron chi connectivity index (χ0n) is 10.7. The van der Waals surface area contributed by atoms with Gasteiger partial charge in [0.2, 0.25) is 5.91 Å². The second-order valence-corrected chi connectivity index (χ2v) is 5.73. The van der Waals surface area contributed by atoms with Gasteiger partial charge in [-0.3, -0.25) is 4.79 Å². The summed E-state index contributed by atoms with van der Waals surface area (Å²) >= 11 is 1.82. The number of rotatable bonds is 2. The van der Waals surface area contributed by atoms with E-state index in [-0.39, 0.29) is 11.9 Å². The molecule has 0 fully saturated rings. The Morgan fingerprint density at radius 2 is 2.35 bits per heavy atom. The van der Waals surface area contributed by atoms with Crippen molar-refractivity contribution < 1.29 is 4.79 Å². The number of hydrogen-bond donors (Lipinski definition) is 0. The summed E-state index contributed by atoms with van der Waals surface area (Å²) in [7, 11) is 0. The van der Waals surface area contributed by atoms with Crippen molar-refractivity contribution in [2.45, 2.75) is 39.7 Å². The summed E-state index contributed by atoms with van der Waals surface area (Å²) in [5, 5.41) is 2.14. The molecule has 1 aromatic heterocycles. The fourth-order valence-electron chi connectivity index (χ4n) is 2.43. The largest absolute Gasteiger partial charge is 0.332 e. The van der Waals surface area contributed by atoms with Crippen LogP contribution in [0, 0.1) is 0 Å². The smallest absolute Gasteiger partial charge is 0.247 e. The van der Waals surface area contributed by atoms with Crippen LogP contribution in [0.2, 0.25) is 0 Å². The zero-order valence-corrected chi connectivity index (χ0v) is 11.5. The normalized spacial score (nSPS) is 18.8. The van der Waals surface area contributed by atoms with Gasteiger partial charge in [0.25, 0.3) is 0 Å². The number of hydrogen-bond acceptors (Lipinski definition) is 2. The summed E-state index contributed by atoms with van der Waals surface area (Å²) in [4.78, 5) is 15.6. The van der Waals surface area contributed by atoms with Gasteiger partial charge in [0, 0.05) is 17.5 Å². The Morgan fingerprint density at radius 3 is 3.00 bits per heavy atom. The lowest BCUT2D eigenvalue weighted by atomic mass is 9.97. The molecule has 2 rings (SSSR count). The second-order valence-electron chi connectivity index (χ2n) is 4.73. The first-order valence-corrected chi connectivity index (χ1v) is 7.03. The first-order valence-electron chi connectivity index (χ1n) is 6.15. The number of thiophene rings is 1. The average molecular weight is 249 g/mol. The molecule has 2 nitrogen and oxygen atoms in total. The van der Waals surface area contributed by atoms with Crippen molar-refractivity contribution in [1.82, 2.24) is 4.90 Å². The van der Waals surface area contributed by atoms with Crippen LogP contribution in [0.4, 0.5) is 0 Å². The zero-order chi connectivity index (χ0) is 12.4. The van der Waals surface area contributed by atoms with Crippen molar-refractivity contribution in [3.63, 3.8) is 0 Å². The quantitative estimate of drug-likeness (QED) is 0.734. The first kappa shape index (κ1) is 12.4. The predicted molar refractivity (Wildman–Crippen MR) is 72.2 cm³/mol. The van der Waals surface area contributed by atoms with Crippen LogP contribution in [0.25, 0.3) is 0 Å². The molecule has 0 aliphatic carbocycles. The van der Waals surface area contributed by atoms with Gasteiger partial charge in [0.05, 0.1) is 6.04 Å². The number of amides is 1. The summed E-state index contributed by atoms with van der Waals surface area (Å²) < 4.78 is 0. The molecular formula is C14H19NOS. The van der Waals surface area contributed by atoms with E-state index in [9.17, 15) is 4.79 Å². The van der Waals surface area contributed by atoms with E-state index in [2.05, 4.69) is 18.4 Å². The predicted octanol–water partition coefficient (Wildman–Crippen LogP) is 3.55. The van der Waals surface area contributed by atoms with Crippen molar-refractivity contribution in [2.24, 2.45) is 0 Å². The average Bonchev–Trinajstić information content (AvgIpc) is 2.74. The molecule has 1 aliphatic rings. The van der Waals surface area contributed by atoms with Gasteiger partial charge in [-0.1, -0.05) is 12.5 Å².